The zero-order valence-corrected chi connectivity index (χ0v) is 8.62. The van der Waals surface area contributed by atoms with E-state index < -0.39 is 0 Å². The molecular weight excluding hydrogens is 176 g/mol. The summed E-state index contributed by atoms with van der Waals surface area (Å²) < 4.78 is 0. The second-order valence-corrected chi connectivity index (χ2v) is 3.69. The van der Waals surface area contributed by atoms with Gasteiger partial charge in [-0.25, -0.2) is 0 Å². The number of phenolic OH excluding ortho intramolecular Hbond substituents is 1. The summed E-state index contributed by atoms with van der Waals surface area (Å²) in [6, 6.07) is 6.13. The number of hydrogen-bond acceptors (Lipinski definition) is 3. The predicted octanol–water partition coefficient (Wildman–Crippen LogP) is 2.03. The zero-order valence-electron chi connectivity index (χ0n) is 8.62. The van der Waals surface area contributed by atoms with E-state index in [0.717, 1.165) is 24.5 Å². The van der Waals surface area contributed by atoms with Crippen LogP contribution in [-0.4, -0.2) is 24.2 Å². The Labute approximate surface area is 84.4 Å². The van der Waals surface area contributed by atoms with E-state index in [1.807, 2.05) is 12.1 Å². The quantitative estimate of drug-likeness (QED) is 0.668. The minimum Gasteiger partial charge on any atom is -0.506 e. The third-order valence-corrected chi connectivity index (χ3v) is 2.78. The number of aromatic hydroxyl groups is 1. The highest BCUT2D eigenvalue weighted by atomic mass is 16.3. The first-order valence-corrected chi connectivity index (χ1v) is 5.06. The number of anilines is 2. The maximum Gasteiger partial charge on any atom is 0.140 e. The van der Waals surface area contributed by atoms with Crippen molar-refractivity contribution in [2.75, 3.05) is 23.3 Å². The SMILES string of the molecule is CCN1c2cccc(O)c2NCC1C. The third-order valence-electron chi connectivity index (χ3n) is 2.78. The maximum atomic E-state index is 9.67. The molecule has 1 aromatic carbocycles. The van der Waals surface area contributed by atoms with Crippen LogP contribution in [0.3, 0.4) is 0 Å². The molecule has 0 saturated heterocycles. The largest absolute Gasteiger partial charge is 0.506 e. The van der Waals surface area contributed by atoms with Crippen molar-refractivity contribution < 1.29 is 5.11 Å². The summed E-state index contributed by atoms with van der Waals surface area (Å²) >= 11 is 0. The van der Waals surface area contributed by atoms with E-state index in [-0.39, 0.29) is 0 Å². The van der Waals surface area contributed by atoms with Gasteiger partial charge >= 0.3 is 0 Å². The molecule has 2 N–H and O–H groups in total. The molecule has 0 fully saturated rings. The fraction of sp³-hybridized carbons (Fsp3) is 0.455. The van der Waals surface area contributed by atoms with E-state index >= 15 is 0 Å². The van der Waals surface area contributed by atoms with E-state index in [1.165, 1.54) is 0 Å². The molecule has 2 rings (SSSR count). The van der Waals surface area contributed by atoms with Crippen molar-refractivity contribution in [3.8, 4) is 5.75 Å². The lowest BCUT2D eigenvalue weighted by Gasteiger charge is -2.37. The van der Waals surface area contributed by atoms with Gasteiger partial charge in [-0.2, -0.15) is 0 Å². The monoisotopic (exact) mass is 192 g/mol. The van der Waals surface area contributed by atoms with Gasteiger partial charge in [0.25, 0.3) is 0 Å². The molecule has 1 heterocycles. The maximum absolute atomic E-state index is 9.67. The molecule has 0 bridgehead atoms. The van der Waals surface area contributed by atoms with Gasteiger partial charge in [-0.05, 0) is 26.0 Å². The molecule has 3 nitrogen and oxygen atoms in total. The average molecular weight is 192 g/mol. The smallest absolute Gasteiger partial charge is 0.140 e. The summed E-state index contributed by atoms with van der Waals surface area (Å²) in [5, 5.41) is 12.9. The second kappa shape index (κ2) is 3.40. The van der Waals surface area contributed by atoms with Crippen LogP contribution in [-0.2, 0) is 0 Å². The number of para-hydroxylation sites is 1. The standard InChI is InChI=1S/C11H16N2O/c1-3-13-8(2)7-12-11-9(13)5-4-6-10(11)14/h4-6,8,12,14H,3,7H2,1-2H3. The Kier molecular flexibility index (Phi) is 2.23. The molecule has 1 atom stereocenters. The number of nitrogens with one attached hydrogen (secondary N) is 1. The van der Waals surface area contributed by atoms with E-state index in [0.29, 0.717) is 11.8 Å². The minimum atomic E-state index is 0.341. The molecule has 0 aromatic heterocycles. The molecular formula is C11H16N2O. The number of likely N-dealkylation sites (N-methyl/N-ethyl adjacent to an activating group) is 1. The normalized spacial score (nSPS) is 20.1. The minimum absolute atomic E-state index is 0.341. The lowest BCUT2D eigenvalue weighted by molar-refractivity contribution is 0.475. The first kappa shape index (κ1) is 9.19. The van der Waals surface area contributed by atoms with Crippen molar-refractivity contribution in [2.24, 2.45) is 0 Å². The summed E-state index contributed by atoms with van der Waals surface area (Å²) in [7, 11) is 0. The predicted molar refractivity (Wildman–Crippen MR) is 59.1 cm³/mol. The van der Waals surface area contributed by atoms with Gasteiger partial charge in [-0.3, -0.25) is 0 Å². The first-order chi connectivity index (χ1) is 6.74. The number of phenols is 1. The number of nitrogens with zero attached hydrogens (tertiary/aromatic N) is 1. The molecule has 0 aliphatic carbocycles. The lowest BCUT2D eigenvalue weighted by Crippen LogP contribution is -2.41. The Hall–Kier alpha value is -1.38. The van der Waals surface area contributed by atoms with Crippen molar-refractivity contribution in [2.45, 2.75) is 19.9 Å². The number of benzene rings is 1. The van der Waals surface area contributed by atoms with Gasteiger partial charge in [-0.15, -0.1) is 0 Å². The van der Waals surface area contributed by atoms with Gasteiger partial charge in [0, 0.05) is 19.1 Å². The van der Waals surface area contributed by atoms with Crippen LogP contribution >= 0.6 is 0 Å². The molecule has 0 spiro atoms. The molecule has 0 amide bonds. The van der Waals surface area contributed by atoms with E-state index in [1.54, 1.807) is 6.07 Å². The lowest BCUT2D eigenvalue weighted by atomic mass is 10.1. The molecule has 0 saturated carbocycles. The summed E-state index contributed by atoms with van der Waals surface area (Å²) in [6.45, 7) is 6.18. The Morgan fingerprint density at radius 2 is 2.36 bits per heavy atom. The molecule has 3 heteroatoms. The second-order valence-electron chi connectivity index (χ2n) is 3.69. The summed E-state index contributed by atoms with van der Waals surface area (Å²) in [6.07, 6.45) is 0. The molecule has 1 aromatic rings. The van der Waals surface area contributed by atoms with Crippen LogP contribution in [0.4, 0.5) is 11.4 Å². The number of hydrogen-bond donors (Lipinski definition) is 2. The topological polar surface area (TPSA) is 35.5 Å². The highest BCUT2D eigenvalue weighted by Crippen LogP contribution is 2.37. The van der Waals surface area contributed by atoms with Crippen LogP contribution in [0.2, 0.25) is 0 Å². The van der Waals surface area contributed by atoms with Crippen molar-refractivity contribution in [1.82, 2.24) is 0 Å². The molecule has 76 valence electrons. The molecule has 1 unspecified atom stereocenters. The highest BCUT2D eigenvalue weighted by Gasteiger charge is 2.22. The van der Waals surface area contributed by atoms with Crippen LogP contribution in [0.5, 0.6) is 5.75 Å². The van der Waals surface area contributed by atoms with Crippen LogP contribution < -0.4 is 10.2 Å². The van der Waals surface area contributed by atoms with Gasteiger partial charge in [0.15, 0.2) is 0 Å². The third kappa shape index (κ3) is 1.29. The van der Waals surface area contributed by atoms with Crippen molar-refractivity contribution >= 4 is 11.4 Å². The van der Waals surface area contributed by atoms with Crippen LogP contribution in [0.25, 0.3) is 0 Å². The van der Waals surface area contributed by atoms with Crippen molar-refractivity contribution in [1.29, 1.82) is 0 Å². The fourth-order valence-electron chi connectivity index (χ4n) is 2.03. The number of fused-ring (bicyclic) bond motifs is 1. The summed E-state index contributed by atoms with van der Waals surface area (Å²) in [4.78, 5) is 2.30. The van der Waals surface area contributed by atoms with E-state index in [2.05, 4.69) is 24.1 Å². The van der Waals surface area contributed by atoms with Gasteiger partial charge in [0.2, 0.25) is 0 Å². The Balaban J connectivity index is 2.46. The van der Waals surface area contributed by atoms with Crippen molar-refractivity contribution in [3.05, 3.63) is 18.2 Å². The van der Waals surface area contributed by atoms with Crippen LogP contribution in [0.15, 0.2) is 18.2 Å². The molecule has 14 heavy (non-hydrogen) atoms. The first-order valence-electron chi connectivity index (χ1n) is 5.06. The van der Waals surface area contributed by atoms with Crippen LogP contribution in [0.1, 0.15) is 13.8 Å². The van der Waals surface area contributed by atoms with Crippen molar-refractivity contribution in [3.63, 3.8) is 0 Å². The van der Waals surface area contributed by atoms with Crippen LogP contribution in [0, 0.1) is 0 Å². The summed E-state index contributed by atoms with van der Waals surface area (Å²) in [5.41, 5.74) is 1.97. The van der Waals surface area contributed by atoms with E-state index in [4.69, 9.17) is 0 Å². The zero-order chi connectivity index (χ0) is 10.1. The number of rotatable bonds is 1. The summed E-state index contributed by atoms with van der Waals surface area (Å²) in [5.74, 6) is 0.341. The van der Waals surface area contributed by atoms with E-state index in [9.17, 15) is 5.11 Å². The Morgan fingerprint density at radius 3 is 3.07 bits per heavy atom. The van der Waals surface area contributed by atoms with Gasteiger partial charge < -0.3 is 15.3 Å². The van der Waals surface area contributed by atoms with Gasteiger partial charge in [0.1, 0.15) is 11.4 Å². The van der Waals surface area contributed by atoms with Gasteiger partial charge in [-0.1, -0.05) is 6.07 Å². The average Bonchev–Trinajstić information content (AvgIpc) is 2.18. The fourth-order valence-corrected chi connectivity index (χ4v) is 2.03. The Morgan fingerprint density at radius 1 is 1.57 bits per heavy atom. The Bertz CT molecular complexity index is 338. The molecule has 0 radical (unpaired) electrons. The molecule has 1 aliphatic rings. The highest BCUT2D eigenvalue weighted by molar-refractivity contribution is 5.78. The molecule has 1 aliphatic heterocycles. The van der Waals surface area contributed by atoms with Gasteiger partial charge in [0.05, 0.1) is 5.69 Å².